The SMILES string of the molecule is CCc1cc(C2(c3cccc4ccccc34)OCCO2)ccc1[N+](=O)[O-]. The molecular weight excluding hydrogens is 330 g/mol. The standard InChI is InChI=1S/C21H19NO4/c1-2-15-14-17(10-11-20(15)22(23)24)21(25-12-13-26-21)19-9-5-7-16-6-3-4-8-18(16)19/h3-11,14H,2,12-13H2,1H3. The fourth-order valence-corrected chi connectivity index (χ4v) is 3.65. The third-order valence-electron chi connectivity index (χ3n) is 4.88. The van der Waals surface area contributed by atoms with E-state index in [1.54, 1.807) is 12.1 Å². The van der Waals surface area contributed by atoms with E-state index in [2.05, 4.69) is 12.1 Å². The van der Waals surface area contributed by atoms with Crippen molar-refractivity contribution >= 4 is 16.5 Å². The van der Waals surface area contributed by atoms with Crippen LogP contribution in [0.25, 0.3) is 10.8 Å². The fraction of sp³-hybridized carbons (Fsp3) is 0.238. The van der Waals surface area contributed by atoms with Gasteiger partial charge in [0.15, 0.2) is 0 Å². The van der Waals surface area contributed by atoms with Gasteiger partial charge >= 0.3 is 0 Å². The van der Waals surface area contributed by atoms with Gasteiger partial charge in [0.2, 0.25) is 5.79 Å². The summed E-state index contributed by atoms with van der Waals surface area (Å²) in [6, 6.07) is 19.2. The van der Waals surface area contributed by atoms with Gasteiger partial charge in [-0.15, -0.1) is 0 Å². The van der Waals surface area contributed by atoms with Gasteiger partial charge in [-0.3, -0.25) is 10.1 Å². The molecule has 0 amide bonds. The maximum absolute atomic E-state index is 11.3. The molecule has 1 fully saturated rings. The van der Waals surface area contributed by atoms with Gasteiger partial charge in [0.1, 0.15) is 0 Å². The summed E-state index contributed by atoms with van der Waals surface area (Å²) in [5.74, 6) is -1.04. The normalized spacial score (nSPS) is 16.0. The molecule has 0 saturated carbocycles. The second kappa shape index (κ2) is 6.52. The predicted molar refractivity (Wildman–Crippen MR) is 99.1 cm³/mol. The number of rotatable bonds is 4. The average Bonchev–Trinajstić information content (AvgIpc) is 3.18. The highest BCUT2D eigenvalue weighted by Crippen LogP contribution is 2.42. The lowest BCUT2D eigenvalue weighted by atomic mass is 9.91. The molecule has 0 unspecified atom stereocenters. The Hall–Kier alpha value is -2.76. The zero-order valence-electron chi connectivity index (χ0n) is 14.5. The number of fused-ring (bicyclic) bond motifs is 1. The lowest BCUT2D eigenvalue weighted by Gasteiger charge is -2.30. The topological polar surface area (TPSA) is 61.6 Å². The van der Waals surface area contributed by atoms with Crippen LogP contribution >= 0.6 is 0 Å². The summed E-state index contributed by atoms with van der Waals surface area (Å²) in [5.41, 5.74) is 2.51. The second-order valence-electron chi connectivity index (χ2n) is 6.29. The molecule has 0 atom stereocenters. The van der Waals surface area contributed by atoms with Crippen LogP contribution in [-0.4, -0.2) is 18.1 Å². The van der Waals surface area contributed by atoms with Gasteiger partial charge in [0.25, 0.3) is 5.69 Å². The van der Waals surface area contributed by atoms with Crippen LogP contribution in [0.5, 0.6) is 0 Å². The maximum atomic E-state index is 11.3. The zero-order valence-corrected chi connectivity index (χ0v) is 14.5. The predicted octanol–water partition coefficient (Wildman–Crippen LogP) is 4.56. The Morgan fingerprint density at radius 3 is 2.50 bits per heavy atom. The summed E-state index contributed by atoms with van der Waals surface area (Å²) in [6.45, 7) is 2.86. The molecule has 0 bridgehead atoms. The van der Waals surface area contributed by atoms with Crippen molar-refractivity contribution in [1.29, 1.82) is 0 Å². The van der Waals surface area contributed by atoms with Crippen molar-refractivity contribution in [2.24, 2.45) is 0 Å². The van der Waals surface area contributed by atoms with Crippen LogP contribution in [0.4, 0.5) is 5.69 Å². The molecule has 5 heteroatoms. The van der Waals surface area contributed by atoms with E-state index in [0.717, 1.165) is 21.9 Å². The molecule has 5 nitrogen and oxygen atoms in total. The highest BCUT2D eigenvalue weighted by Gasteiger charge is 2.42. The number of hydrogen-bond acceptors (Lipinski definition) is 4. The van der Waals surface area contributed by atoms with Gasteiger partial charge in [-0.1, -0.05) is 49.4 Å². The van der Waals surface area contributed by atoms with Gasteiger partial charge in [-0.25, -0.2) is 0 Å². The van der Waals surface area contributed by atoms with Crippen molar-refractivity contribution in [3.8, 4) is 0 Å². The molecule has 132 valence electrons. The lowest BCUT2D eigenvalue weighted by molar-refractivity contribution is -0.385. The van der Waals surface area contributed by atoms with Crippen LogP contribution in [0.2, 0.25) is 0 Å². The molecule has 0 N–H and O–H groups in total. The van der Waals surface area contributed by atoms with E-state index >= 15 is 0 Å². The van der Waals surface area contributed by atoms with Crippen LogP contribution in [-0.2, 0) is 21.7 Å². The summed E-state index contributed by atoms with van der Waals surface area (Å²) in [7, 11) is 0. The summed E-state index contributed by atoms with van der Waals surface area (Å²) in [5, 5.41) is 13.4. The van der Waals surface area contributed by atoms with Crippen LogP contribution in [0.1, 0.15) is 23.6 Å². The Morgan fingerprint density at radius 2 is 1.77 bits per heavy atom. The van der Waals surface area contributed by atoms with Crippen molar-refractivity contribution < 1.29 is 14.4 Å². The van der Waals surface area contributed by atoms with Gasteiger partial charge in [0, 0.05) is 22.8 Å². The quantitative estimate of drug-likeness (QED) is 0.512. The summed E-state index contributed by atoms with van der Waals surface area (Å²) in [4.78, 5) is 10.9. The van der Waals surface area contributed by atoms with Gasteiger partial charge < -0.3 is 9.47 Å². The first kappa shape index (κ1) is 16.7. The van der Waals surface area contributed by atoms with E-state index in [4.69, 9.17) is 9.47 Å². The number of benzene rings is 3. The molecule has 0 spiro atoms. The number of ether oxygens (including phenoxy) is 2. The molecule has 1 saturated heterocycles. The lowest BCUT2D eigenvalue weighted by Crippen LogP contribution is -2.29. The van der Waals surface area contributed by atoms with Gasteiger partial charge in [-0.2, -0.15) is 0 Å². The van der Waals surface area contributed by atoms with Crippen molar-refractivity contribution in [2.45, 2.75) is 19.1 Å². The Kier molecular flexibility index (Phi) is 4.18. The highest BCUT2D eigenvalue weighted by atomic mass is 16.7. The first-order chi connectivity index (χ1) is 12.7. The van der Waals surface area contributed by atoms with E-state index in [0.29, 0.717) is 25.2 Å². The Balaban J connectivity index is 1.94. The minimum absolute atomic E-state index is 0.127. The minimum atomic E-state index is -1.04. The van der Waals surface area contributed by atoms with Crippen molar-refractivity contribution in [1.82, 2.24) is 0 Å². The molecule has 1 aliphatic heterocycles. The number of nitro groups is 1. The Bertz CT molecular complexity index is 971. The van der Waals surface area contributed by atoms with Crippen LogP contribution in [0.15, 0.2) is 60.7 Å². The monoisotopic (exact) mass is 349 g/mol. The molecule has 1 heterocycles. The Morgan fingerprint density at radius 1 is 1.04 bits per heavy atom. The molecule has 4 rings (SSSR count). The van der Waals surface area contributed by atoms with Gasteiger partial charge in [-0.05, 0) is 29.3 Å². The van der Waals surface area contributed by atoms with E-state index in [9.17, 15) is 10.1 Å². The van der Waals surface area contributed by atoms with E-state index in [-0.39, 0.29) is 10.6 Å². The van der Waals surface area contributed by atoms with Crippen molar-refractivity contribution in [3.05, 3.63) is 87.5 Å². The van der Waals surface area contributed by atoms with Crippen molar-refractivity contribution in [2.75, 3.05) is 13.2 Å². The molecule has 3 aromatic carbocycles. The average molecular weight is 349 g/mol. The minimum Gasteiger partial charge on any atom is -0.340 e. The number of nitrogens with zero attached hydrogens (tertiary/aromatic N) is 1. The first-order valence-corrected chi connectivity index (χ1v) is 8.69. The molecule has 0 aliphatic carbocycles. The third kappa shape index (κ3) is 2.57. The Labute approximate surface area is 151 Å². The summed E-state index contributed by atoms with van der Waals surface area (Å²) < 4.78 is 12.3. The van der Waals surface area contributed by atoms with Gasteiger partial charge in [0.05, 0.1) is 18.1 Å². The summed E-state index contributed by atoms with van der Waals surface area (Å²) >= 11 is 0. The largest absolute Gasteiger partial charge is 0.340 e. The molecule has 26 heavy (non-hydrogen) atoms. The molecule has 3 aromatic rings. The van der Waals surface area contributed by atoms with Crippen LogP contribution < -0.4 is 0 Å². The van der Waals surface area contributed by atoms with Crippen LogP contribution in [0.3, 0.4) is 0 Å². The summed E-state index contributed by atoms with van der Waals surface area (Å²) in [6.07, 6.45) is 0.565. The molecule has 1 aliphatic rings. The smallest absolute Gasteiger partial charge is 0.272 e. The molecular formula is C21H19NO4. The fourth-order valence-electron chi connectivity index (χ4n) is 3.65. The number of hydrogen-bond donors (Lipinski definition) is 0. The van der Waals surface area contributed by atoms with E-state index in [1.165, 1.54) is 0 Å². The maximum Gasteiger partial charge on any atom is 0.272 e. The zero-order chi connectivity index (χ0) is 18.1. The van der Waals surface area contributed by atoms with Crippen molar-refractivity contribution in [3.63, 3.8) is 0 Å². The molecule has 0 radical (unpaired) electrons. The molecule has 0 aromatic heterocycles. The first-order valence-electron chi connectivity index (χ1n) is 8.69. The highest BCUT2D eigenvalue weighted by molar-refractivity contribution is 5.86. The number of aryl methyl sites for hydroxylation is 1. The van der Waals surface area contributed by atoms with E-state index in [1.807, 2.05) is 43.3 Å². The number of nitro benzene ring substituents is 1. The second-order valence-corrected chi connectivity index (χ2v) is 6.29. The third-order valence-corrected chi connectivity index (χ3v) is 4.88. The van der Waals surface area contributed by atoms with E-state index < -0.39 is 5.79 Å². The van der Waals surface area contributed by atoms with Crippen LogP contribution in [0, 0.1) is 10.1 Å².